The van der Waals surface area contributed by atoms with Gasteiger partial charge in [-0.3, -0.25) is 24.0 Å². The highest BCUT2D eigenvalue weighted by atomic mass is 35.5. The van der Waals surface area contributed by atoms with Crippen LogP contribution >= 0.6 is 35.0 Å². The maximum absolute atomic E-state index is 13.0. The van der Waals surface area contributed by atoms with Crippen LogP contribution in [0.4, 0.5) is 0 Å². The Morgan fingerprint density at radius 1 is 0.920 bits per heavy atom. The molecule has 3 N–H and O–H groups in total. The normalized spacial score (nSPS) is 16.7. The summed E-state index contributed by atoms with van der Waals surface area (Å²) in [6, 6.07) is 10.7. The molecule has 3 aliphatic heterocycles. The standard InChI is InChI=1S/C36H41Cl2N7O4S/c37-30-7-5-27(23-26(30)4-2-25-3-6-31(38)28(22-25)35(47)40-9-13-43-14-18-49-19-15-43)33-29-24-44(36(48)34(39)46)12-8-32(29)45(41-33)11-1-10-42-16-20-50-21-17-42/h3,5-7,22-23H,1,8-21,24H2,(H2,39,46)(H,40,47). The summed E-state index contributed by atoms with van der Waals surface area (Å²) in [6.45, 7) is 8.92. The Labute approximate surface area is 306 Å². The summed E-state index contributed by atoms with van der Waals surface area (Å²) in [4.78, 5) is 43.5. The molecule has 3 aromatic rings. The van der Waals surface area contributed by atoms with Gasteiger partial charge in [-0.05, 0) is 43.3 Å². The highest BCUT2D eigenvalue weighted by Gasteiger charge is 2.30. The molecule has 50 heavy (non-hydrogen) atoms. The SMILES string of the molecule is NC(=O)C(=O)N1CCc2c(c(-c3ccc(Cl)c(C#Cc4ccc(Cl)c(C(=O)NCCN5CCOCC5)c4)c3)nn2CCCN2CCSCC2)C1. The third-order valence-electron chi connectivity index (χ3n) is 9.19. The van der Waals surface area contributed by atoms with E-state index < -0.39 is 11.8 Å². The summed E-state index contributed by atoms with van der Waals surface area (Å²) < 4.78 is 7.44. The average molecular weight is 739 g/mol. The number of thioether (sulfide) groups is 1. The Bertz CT molecular complexity index is 1790. The van der Waals surface area contributed by atoms with Gasteiger partial charge in [0.15, 0.2) is 0 Å². The summed E-state index contributed by atoms with van der Waals surface area (Å²) in [5.41, 5.74) is 10.4. The van der Waals surface area contributed by atoms with Gasteiger partial charge in [-0.2, -0.15) is 16.9 Å². The van der Waals surface area contributed by atoms with Gasteiger partial charge >= 0.3 is 11.8 Å². The maximum atomic E-state index is 13.0. The van der Waals surface area contributed by atoms with Crippen LogP contribution in [-0.4, -0.2) is 119 Å². The summed E-state index contributed by atoms with van der Waals surface area (Å²) in [5.74, 6) is 6.71. The minimum Gasteiger partial charge on any atom is -0.379 e. The molecular formula is C36H41Cl2N7O4S. The van der Waals surface area contributed by atoms with E-state index in [2.05, 4.69) is 31.6 Å². The second-order valence-electron chi connectivity index (χ2n) is 12.5. The van der Waals surface area contributed by atoms with Crippen molar-refractivity contribution >= 4 is 52.7 Å². The first-order chi connectivity index (χ1) is 24.3. The number of nitrogens with zero attached hydrogens (tertiary/aromatic N) is 5. The Balaban J connectivity index is 1.21. The van der Waals surface area contributed by atoms with Crippen molar-refractivity contribution in [1.29, 1.82) is 0 Å². The first kappa shape index (κ1) is 36.2. The van der Waals surface area contributed by atoms with Crippen LogP contribution in [0.2, 0.25) is 10.0 Å². The summed E-state index contributed by atoms with van der Waals surface area (Å²) in [7, 11) is 0. The van der Waals surface area contributed by atoms with Gasteiger partial charge in [-0.25, -0.2) is 0 Å². The van der Waals surface area contributed by atoms with Crippen molar-refractivity contribution in [2.45, 2.75) is 25.9 Å². The fourth-order valence-electron chi connectivity index (χ4n) is 6.44. The number of aromatic nitrogens is 2. The number of amides is 3. The molecule has 0 radical (unpaired) electrons. The van der Waals surface area contributed by atoms with Crippen molar-refractivity contribution in [3.8, 4) is 23.1 Å². The molecule has 0 saturated carbocycles. The van der Waals surface area contributed by atoms with Gasteiger partial charge in [0.2, 0.25) is 0 Å². The molecule has 1 aromatic heterocycles. The molecule has 3 aliphatic rings. The summed E-state index contributed by atoms with van der Waals surface area (Å²) in [5, 5.41) is 8.82. The molecule has 14 heteroatoms. The molecule has 0 unspecified atom stereocenters. The number of rotatable bonds is 9. The zero-order chi connectivity index (χ0) is 35.0. The highest BCUT2D eigenvalue weighted by Crippen LogP contribution is 2.32. The number of halogens is 2. The van der Waals surface area contributed by atoms with Gasteiger partial charge in [-0.1, -0.05) is 41.1 Å². The number of hydrogen-bond acceptors (Lipinski definition) is 8. The smallest absolute Gasteiger partial charge is 0.311 e. The van der Waals surface area contributed by atoms with E-state index in [1.165, 1.54) is 4.90 Å². The average Bonchev–Trinajstić information content (AvgIpc) is 3.50. The van der Waals surface area contributed by atoms with Crippen molar-refractivity contribution in [3.05, 3.63) is 74.4 Å². The van der Waals surface area contributed by atoms with Crippen molar-refractivity contribution in [1.82, 2.24) is 29.8 Å². The largest absolute Gasteiger partial charge is 0.379 e. The Kier molecular flexibility index (Phi) is 12.4. The van der Waals surface area contributed by atoms with Gasteiger partial charge in [-0.15, -0.1) is 0 Å². The first-order valence-corrected chi connectivity index (χ1v) is 18.8. The predicted octanol–water partition coefficient (Wildman–Crippen LogP) is 3.13. The molecule has 2 aromatic carbocycles. The first-order valence-electron chi connectivity index (χ1n) is 16.9. The number of nitrogens with one attached hydrogen (secondary N) is 1. The molecule has 11 nitrogen and oxygen atoms in total. The second-order valence-corrected chi connectivity index (χ2v) is 14.5. The quantitative estimate of drug-likeness (QED) is 0.254. The van der Waals surface area contributed by atoms with E-state index in [-0.39, 0.29) is 12.5 Å². The number of morpholine rings is 1. The zero-order valence-corrected chi connectivity index (χ0v) is 30.2. The molecule has 0 aliphatic carbocycles. The minimum atomic E-state index is -0.970. The number of aryl methyl sites for hydroxylation is 1. The maximum Gasteiger partial charge on any atom is 0.311 e. The lowest BCUT2D eigenvalue weighted by Crippen LogP contribution is -2.43. The van der Waals surface area contributed by atoms with Gasteiger partial charge in [0.05, 0.1) is 41.1 Å². The number of primary amides is 1. The van der Waals surface area contributed by atoms with Crippen LogP contribution in [0.5, 0.6) is 0 Å². The Morgan fingerprint density at radius 2 is 1.68 bits per heavy atom. The lowest BCUT2D eigenvalue weighted by atomic mass is 9.99. The third kappa shape index (κ3) is 9.01. The number of nitrogens with two attached hydrogens (primary N) is 1. The van der Waals surface area contributed by atoms with Crippen molar-refractivity contribution in [2.75, 3.05) is 77.1 Å². The highest BCUT2D eigenvalue weighted by molar-refractivity contribution is 7.99. The molecule has 2 saturated heterocycles. The number of hydrogen-bond donors (Lipinski definition) is 2. The molecule has 2 fully saturated rings. The van der Waals surface area contributed by atoms with Crippen molar-refractivity contribution in [2.24, 2.45) is 5.73 Å². The van der Waals surface area contributed by atoms with Crippen LogP contribution < -0.4 is 11.1 Å². The topological polar surface area (TPSA) is 126 Å². The molecular weight excluding hydrogens is 697 g/mol. The van der Waals surface area contributed by atoms with Gasteiger partial charge in [0, 0.05) is 98.2 Å². The second kappa shape index (κ2) is 17.1. The number of benzene rings is 2. The van der Waals surface area contributed by atoms with Gasteiger partial charge in [0.1, 0.15) is 0 Å². The van der Waals surface area contributed by atoms with Crippen LogP contribution in [-0.2, 0) is 33.8 Å². The van der Waals surface area contributed by atoms with E-state index >= 15 is 0 Å². The van der Waals surface area contributed by atoms with Crippen LogP contribution in [0.15, 0.2) is 36.4 Å². The Morgan fingerprint density at radius 3 is 2.46 bits per heavy atom. The van der Waals surface area contributed by atoms with Crippen molar-refractivity contribution < 1.29 is 19.1 Å². The molecule has 264 valence electrons. The fourth-order valence-corrected chi connectivity index (χ4v) is 7.79. The van der Waals surface area contributed by atoms with E-state index in [4.69, 9.17) is 38.8 Å². The zero-order valence-electron chi connectivity index (χ0n) is 27.9. The fraction of sp³-hybridized carbons (Fsp3) is 0.444. The van der Waals surface area contributed by atoms with Crippen LogP contribution in [0.3, 0.4) is 0 Å². The molecule has 0 spiro atoms. The summed E-state index contributed by atoms with van der Waals surface area (Å²) >= 11 is 15.0. The van der Waals surface area contributed by atoms with E-state index in [0.29, 0.717) is 59.5 Å². The minimum absolute atomic E-state index is 0.238. The van der Waals surface area contributed by atoms with Crippen LogP contribution in [0.25, 0.3) is 11.3 Å². The molecule has 0 bridgehead atoms. The Hall–Kier alpha value is -3.57. The molecule has 0 atom stereocenters. The number of carbonyl (C=O) groups is 3. The van der Waals surface area contributed by atoms with Crippen molar-refractivity contribution in [3.63, 3.8) is 0 Å². The predicted molar refractivity (Wildman–Crippen MR) is 196 cm³/mol. The van der Waals surface area contributed by atoms with E-state index in [9.17, 15) is 14.4 Å². The van der Waals surface area contributed by atoms with E-state index in [1.54, 1.807) is 24.3 Å². The van der Waals surface area contributed by atoms with Gasteiger partial charge < -0.3 is 25.6 Å². The van der Waals surface area contributed by atoms with E-state index in [1.807, 2.05) is 23.9 Å². The summed E-state index contributed by atoms with van der Waals surface area (Å²) in [6.07, 6.45) is 1.52. The van der Waals surface area contributed by atoms with Crippen LogP contribution in [0, 0.1) is 11.8 Å². The lowest BCUT2D eigenvalue weighted by Gasteiger charge is -2.27. The number of ether oxygens (including phenoxy) is 1. The molecule has 3 amide bonds. The monoisotopic (exact) mass is 737 g/mol. The lowest BCUT2D eigenvalue weighted by molar-refractivity contribution is -0.144. The molecule has 4 heterocycles. The number of carbonyl (C=O) groups excluding carboxylic acids is 3. The van der Waals surface area contributed by atoms with E-state index in [0.717, 1.165) is 86.3 Å². The third-order valence-corrected chi connectivity index (χ3v) is 10.8. The van der Waals surface area contributed by atoms with Gasteiger partial charge in [0.25, 0.3) is 5.91 Å². The van der Waals surface area contributed by atoms with Crippen LogP contribution in [0.1, 0.15) is 39.2 Å². The number of fused-ring (bicyclic) bond motifs is 1. The molecule has 6 rings (SSSR count).